The molecule has 1 heterocycles. The molecule has 1 saturated heterocycles. The number of piperidine rings is 1. The van der Waals surface area contributed by atoms with Crippen molar-refractivity contribution in [3.63, 3.8) is 0 Å². The predicted molar refractivity (Wildman–Crippen MR) is 135 cm³/mol. The quantitative estimate of drug-likeness (QED) is 0.503. The fraction of sp³-hybridized carbons (Fsp3) is 0.296. The lowest BCUT2D eigenvalue weighted by atomic mass is 9.98. The van der Waals surface area contributed by atoms with Crippen LogP contribution in [0.4, 0.5) is 5.69 Å². The zero-order valence-electron chi connectivity index (χ0n) is 19.4. The van der Waals surface area contributed by atoms with Crippen molar-refractivity contribution in [1.29, 1.82) is 0 Å². The fourth-order valence-corrected chi connectivity index (χ4v) is 5.35. The lowest BCUT2D eigenvalue weighted by molar-refractivity contribution is 0.102. The third-order valence-corrected chi connectivity index (χ3v) is 7.59. The highest BCUT2D eigenvalue weighted by Gasteiger charge is 2.22. The van der Waals surface area contributed by atoms with Crippen LogP contribution in [0, 0.1) is 12.8 Å². The van der Waals surface area contributed by atoms with Crippen molar-refractivity contribution < 1.29 is 13.2 Å². The van der Waals surface area contributed by atoms with Crippen molar-refractivity contribution in [1.82, 2.24) is 9.62 Å². The van der Waals surface area contributed by atoms with E-state index >= 15 is 0 Å². The molecule has 3 aromatic rings. The first-order valence-corrected chi connectivity index (χ1v) is 13.1. The molecule has 2 N–H and O–H groups in total. The second-order valence-electron chi connectivity index (χ2n) is 8.93. The molecule has 0 bridgehead atoms. The molecule has 1 amide bonds. The molecule has 1 atom stereocenters. The summed E-state index contributed by atoms with van der Waals surface area (Å²) in [5, 5.41) is 2.90. The number of carbonyl (C=O) groups excluding carboxylic acids is 1. The molecular formula is C27H31N3O3S. The van der Waals surface area contributed by atoms with Gasteiger partial charge in [-0.25, -0.2) is 13.1 Å². The molecule has 1 aliphatic rings. The molecule has 178 valence electrons. The molecule has 3 aromatic carbocycles. The van der Waals surface area contributed by atoms with Gasteiger partial charge in [0, 0.05) is 30.9 Å². The van der Waals surface area contributed by atoms with E-state index in [4.69, 9.17) is 0 Å². The van der Waals surface area contributed by atoms with E-state index in [1.165, 1.54) is 0 Å². The van der Waals surface area contributed by atoms with E-state index in [-0.39, 0.29) is 11.8 Å². The van der Waals surface area contributed by atoms with Gasteiger partial charge in [-0.3, -0.25) is 9.69 Å². The Morgan fingerprint density at radius 2 is 1.68 bits per heavy atom. The summed E-state index contributed by atoms with van der Waals surface area (Å²) in [7, 11) is -3.49. The van der Waals surface area contributed by atoms with Gasteiger partial charge in [-0.15, -0.1) is 0 Å². The molecule has 4 rings (SSSR count). The van der Waals surface area contributed by atoms with Crippen LogP contribution >= 0.6 is 0 Å². The molecule has 1 aliphatic heterocycles. The molecule has 1 fully saturated rings. The van der Waals surface area contributed by atoms with Crippen LogP contribution in [0.2, 0.25) is 0 Å². The topological polar surface area (TPSA) is 78.5 Å². The Kier molecular flexibility index (Phi) is 7.77. The van der Waals surface area contributed by atoms with Gasteiger partial charge in [0.2, 0.25) is 10.0 Å². The van der Waals surface area contributed by atoms with Crippen LogP contribution in [-0.4, -0.2) is 38.9 Å². The Morgan fingerprint density at radius 3 is 2.38 bits per heavy atom. The predicted octanol–water partition coefficient (Wildman–Crippen LogP) is 4.44. The van der Waals surface area contributed by atoms with Crippen LogP contribution in [0.3, 0.4) is 0 Å². The monoisotopic (exact) mass is 477 g/mol. The molecule has 6 nitrogen and oxygen atoms in total. The normalized spacial score (nSPS) is 16.8. The van der Waals surface area contributed by atoms with Gasteiger partial charge in [0.25, 0.3) is 5.91 Å². The number of hydrogen-bond acceptors (Lipinski definition) is 4. The number of hydrogen-bond donors (Lipinski definition) is 2. The number of benzene rings is 3. The Hall–Kier alpha value is -3.00. The molecular weight excluding hydrogens is 446 g/mol. The number of nitrogens with zero attached hydrogens (tertiary/aromatic N) is 1. The van der Waals surface area contributed by atoms with Crippen molar-refractivity contribution in [3.05, 3.63) is 95.6 Å². The average Bonchev–Trinajstić information content (AvgIpc) is 2.84. The summed E-state index contributed by atoms with van der Waals surface area (Å²) >= 11 is 0. The number of carbonyl (C=O) groups is 1. The molecule has 7 heteroatoms. The van der Waals surface area contributed by atoms with Gasteiger partial charge < -0.3 is 5.32 Å². The molecule has 0 spiro atoms. The van der Waals surface area contributed by atoms with Crippen LogP contribution in [0.5, 0.6) is 0 Å². The second kappa shape index (κ2) is 11.0. The number of aryl methyl sites for hydroxylation is 1. The summed E-state index contributed by atoms with van der Waals surface area (Å²) in [4.78, 5) is 15.1. The number of anilines is 1. The van der Waals surface area contributed by atoms with Gasteiger partial charge >= 0.3 is 0 Å². The van der Waals surface area contributed by atoms with Gasteiger partial charge in [-0.2, -0.15) is 0 Å². The smallest absolute Gasteiger partial charge is 0.255 e. The standard InChI is InChI=1S/C27H31N3O3S/c1-21-9-15-26(16-10-21)34(32,33)28-18-23-6-5-17-30(20-23)19-22-11-13-24(14-12-22)27(31)29-25-7-3-2-4-8-25/h2-4,7-16,23,28H,5-6,17-20H2,1H3,(H,29,31). The maximum Gasteiger partial charge on any atom is 0.255 e. The number of likely N-dealkylation sites (tertiary alicyclic amines) is 1. The first-order chi connectivity index (χ1) is 16.4. The maximum absolute atomic E-state index is 12.6. The Bertz CT molecular complexity index is 1190. The molecule has 0 saturated carbocycles. The molecule has 34 heavy (non-hydrogen) atoms. The maximum atomic E-state index is 12.6. The van der Waals surface area contributed by atoms with Crippen LogP contribution in [-0.2, 0) is 16.6 Å². The zero-order valence-corrected chi connectivity index (χ0v) is 20.2. The number of sulfonamides is 1. The highest BCUT2D eigenvalue weighted by Crippen LogP contribution is 2.20. The van der Waals surface area contributed by atoms with Crippen LogP contribution in [0.15, 0.2) is 83.8 Å². The van der Waals surface area contributed by atoms with Crippen LogP contribution in [0.1, 0.15) is 34.3 Å². The largest absolute Gasteiger partial charge is 0.322 e. The third-order valence-electron chi connectivity index (χ3n) is 6.15. The lowest BCUT2D eigenvalue weighted by Crippen LogP contribution is -2.40. The number of nitrogens with one attached hydrogen (secondary N) is 2. The molecule has 1 unspecified atom stereocenters. The van der Waals surface area contributed by atoms with E-state index in [0.717, 1.165) is 49.3 Å². The van der Waals surface area contributed by atoms with Crippen molar-refractivity contribution in [2.75, 3.05) is 25.0 Å². The molecule has 0 radical (unpaired) electrons. The van der Waals surface area contributed by atoms with Crippen LogP contribution < -0.4 is 10.0 Å². The highest BCUT2D eigenvalue weighted by molar-refractivity contribution is 7.89. The summed E-state index contributed by atoms with van der Waals surface area (Å²) in [6.07, 6.45) is 2.04. The SMILES string of the molecule is Cc1ccc(S(=O)(=O)NCC2CCCN(Cc3ccc(C(=O)Nc4ccccc4)cc3)C2)cc1. The fourth-order valence-electron chi connectivity index (χ4n) is 4.23. The van der Waals surface area contributed by atoms with Crippen molar-refractivity contribution >= 4 is 21.6 Å². The summed E-state index contributed by atoms with van der Waals surface area (Å²) in [5.41, 5.74) is 3.56. The van der Waals surface area contributed by atoms with E-state index in [2.05, 4.69) is 14.9 Å². The van der Waals surface area contributed by atoms with Gasteiger partial charge in [-0.1, -0.05) is 48.0 Å². The Labute approximate surface area is 202 Å². The van der Waals surface area contributed by atoms with E-state index in [1.54, 1.807) is 12.1 Å². The minimum Gasteiger partial charge on any atom is -0.322 e. The third kappa shape index (κ3) is 6.53. The number of para-hydroxylation sites is 1. The highest BCUT2D eigenvalue weighted by atomic mass is 32.2. The Balaban J connectivity index is 1.29. The average molecular weight is 478 g/mol. The number of amides is 1. The number of rotatable bonds is 8. The Morgan fingerprint density at radius 1 is 0.971 bits per heavy atom. The van der Waals surface area contributed by atoms with E-state index in [9.17, 15) is 13.2 Å². The van der Waals surface area contributed by atoms with Crippen molar-refractivity contribution in [3.8, 4) is 0 Å². The minimum absolute atomic E-state index is 0.128. The van der Waals surface area contributed by atoms with Crippen LogP contribution in [0.25, 0.3) is 0 Å². The van der Waals surface area contributed by atoms with Crippen molar-refractivity contribution in [2.24, 2.45) is 5.92 Å². The van der Waals surface area contributed by atoms with Gasteiger partial charge in [0.1, 0.15) is 0 Å². The first kappa shape index (κ1) is 24.1. The lowest BCUT2D eigenvalue weighted by Gasteiger charge is -2.32. The van der Waals surface area contributed by atoms with Gasteiger partial charge in [0.15, 0.2) is 0 Å². The molecule has 0 aromatic heterocycles. The summed E-state index contributed by atoms with van der Waals surface area (Å²) in [5.74, 6) is 0.140. The van der Waals surface area contributed by atoms with E-state index in [1.807, 2.05) is 73.7 Å². The summed E-state index contributed by atoms with van der Waals surface area (Å²) in [6.45, 7) is 4.98. The minimum atomic E-state index is -3.49. The molecule has 0 aliphatic carbocycles. The van der Waals surface area contributed by atoms with E-state index in [0.29, 0.717) is 17.0 Å². The van der Waals surface area contributed by atoms with Gasteiger partial charge in [0.05, 0.1) is 4.90 Å². The van der Waals surface area contributed by atoms with E-state index < -0.39 is 10.0 Å². The van der Waals surface area contributed by atoms with Gasteiger partial charge in [-0.05, 0) is 74.2 Å². The van der Waals surface area contributed by atoms with Crippen molar-refractivity contribution in [2.45, 2.75) is 31.2 Å². The first-order valence-electron chi connectivity index (χ1n) is 11.6. The zero-order chi connectivity index (χ0) is 24.0. The summed E-state index contributed by atoms with van der Waals surface area (Å²) in [6, 6.07) is 24.0. The second-order valence-corrected chi connectivity index (χ2v) is 10.7. The summed E-state index contributed by atoms with van der Waals surface area (Å²) < 4.78 is 28.0.